The molecule has 7 nitrogen and oxygen atoms in total. The fraction of sp³-hybridized carbons (Fsp3) is 0.733. The Morgan fingerprint density at radius 1 is 1.21 bits per heavy atom. The Labute approximate surface area is 149 Å². The summed E-state index contributed by atoms with van der Waals surface area (Å²) < 4.78 is 25.8. The Morgan fingerprint density at radius 2 is 1.88 bits per heavy atom. The molecule has 24 heavy (non-hydrogen) atoms. The molecule has 0 aromatic carbocycles. The van der Waals surface area contributed by atoms with Crippen LogP contribution in [0.1, 0.15) is 36.3 Å². The van der Waals surface area contributed by atoms with Crippen LogP contribution in [-0.4, -0.2) is 55.6 Å². The summed E-state index contributed by atoms with van der Waals surface area (Å²) in [5.74, 6) is 0.676. The molecule has 0 saturated heterocycles. The quantitative estimate of drug-likeness (QED) is 0.504. The van der Waals surface area contributed by atoms with Gasteiger partial charge in [0, 0.05) is 31.1 Å². The molecule has 0 atom stereocenters. The number of hydrogen-bond donors (Lipinski definition) is 2. The molecule has 0 aliphatic carbocycles. The molecule has 1 heterocycles. The number of rotatable bonds is 9. The Balaban J connectivity index is 2.63. The van der Waals surface area contributed by atoms with Gasteiger partial charge in [-0.15, -0.1) is 11.3 Å². The third-order valence-corrected chi connectivity index (χ3v) is 6.56. The van der Waals surface area contributed by atoms with Crippen molar-refractivity contribution >= 4 is 27.3 Å². The summed E-state index contributed by atoms with van der Waals surface area (Å²) in [5.41, 5.74) is 1.00. The van der Waals surface area contributed by atoms with Gasteiger partial charge in [0.1, 0.15) is 0 Å². The number of thiazole rings is 1. The topological polar surface area (TPSA) is 86.7 Å². The third kappa shape index (κ3) is 6.37. The van der Waals surface area contributed by atoms with Gasteiger partial charge in [-0.25, -0.2) is 22.7 Å². The van der Waals surface area contributed by atoms with Crippen LogP contribution in [0, 0.1) is 13.8 Å². The average molecular weight is 376 g/mol. The molecule has 1 rings (SSSR count). The van der Waals surface area contributed by atoms with Crippen molar-refractivity contribution in [1.82, 2.24) is 19.9 Å². The first kappa shape index (κ1) is 20.9. The second-order valence-electron chi connectivity index (χ2n) is 5.26. The van der Waals surface area contributed by atoms with Crippen molar-refractivity contribution in [3.63, 3.8) is 0 Å². The van der Waals surface area contributed by atoms with Crippen LogP contribution >= 0.6 is 11.3 Å². The van der Waals surface area contributed by atoms with Crippen molar-refractivity contribution in [3.8, 4) is 0 Å². The van der Waals surface area contributed by atoms with Crippen LogP contribution in [0.5, 0.6) is 0 Å². The molecule has 0 unspecified atom stereocenters. The van der Waals surface area contributed by atoms with Gasteiger partial charge in [-0.2, -0.15) is 0 Å². The summed E-state index contributed by atoms with van der Waals surface area (Å²) >= 11 is 1.64. The Bertz CT molecular complexity index is 636. The lowest BCUT2D eigenvalue weighted by Crippen LogP contribution is -2.42. The van der Waals surface area contributed by atoms with E-state index < -0.39 is 10.0 Å². The van der Waals surface area contributed by atoms with E-state index in [1.807, 2.05) is 34.6 Å². The molecule has 0 radical (unpaired) electrons. The van der Waals surface area contributed by atoms with E-state index in [9.17, 15) is 8.42 Å². The van der Waals surface area contributed by atoms with Crippen molar-refractivity contribution in [2.24, 2.45) is 4.99 Å². The Kier molecular flexibility index (Phi) is 8.65. The number of aliphatic imine (C=N–C) groups is 1. The highest BCUT2D eigenvalue weighted by Crippen LogP contribution is 2.17. The summed E-state index contributed by atoms with van der Waals surface area (Å²) in [6, 6.07) is 0. The first-order valence-electron chi connectivity index (χ1n) is 8.26. The van der Waals surface area contributed by atoms with Gasteiger partial charge in [0.25, 0.3) is 0 Å². The fourth-order valence-corrected chi connectivity index (χ4v) is 4.52. The standard InChI is InChI=1S/C15H29N5O2S2/c1-6-16-15(18-11-14-12(4)19-13(5)23-14)17-9-10-24(21,22)20(7-2)8-3/h6-11H2,1-5H3,(H2,16,17,18). The van der Waals surface area contributed by atoms with Crippen LogP contribution in [0.15, 0.2) is 4.99 Å². The van der Waals surface area contributed by atoms with Gasteiger partial charge in [-0.3, -0.25) is 0 Å². The predicted molar refractivity (Wildman–Crippen MR) is 101 cm³/mol. The van der Waals surface area contributed by atoms with Crippen LogP contribution in [0.25, 0.3) is 0 Å². The predicted octanol–water partition coefficient (Wildman–Crippen LogP) is 1.49. The molecule has 0 amide bonds. The van der Waals surface area contributed by atoms with Crippen LogP contribution in [0.4, 0.5) is 0 Å². The van der Waals surface area contributed by atoms with E-state index in [0.29, 0.717) is 32.1 Å². The van der Waals surface area contributed by atoms with Crippen molar-refractivity contribution in [2.45, 2.75) is 41.2 Å². The molecule has 0 fully saturated rings. The second-order valence-corrected chi connectivity index (χ2v) is 8.64. The SMILES string of the molecule is CCNC(=NCc1sc(C)nc1C)NCCS(=O)(=O)N(CC)CC. The van der Waals surface area contributed by atoms with Crippen molar-refractivity contribution in [3.05, 3.63) is 15.6 Å². The average Bonchev–Trinajstić information content (AvgIpc) is 2.83. The minimum absolute atomic E-state index is 0.0534. The molecule has 1 aromatic heterocycles. The Morgan fingerprint density at radius 3 is 2.38 bits per heavy atom. The van der Waals surface area contributed by atoms with Gasteiger partial charge in [0.05, 0.1) is 23.0 Å². The van der Waals surface area contributed by atoms with Gasteiger partial charge in [-0.1, -0.05) is 13.8 Å². The second kappa shape index (κ2) is 9.95. The van der Waals surface area contributed by atoms with Crippen molar-refractivity contribution in [1.29, 1.82) is 0 Å². The number of aromatic nitrogens is 1. The molecular weight excluding hydrogens is 346 g/mol. The molecule has 0 saturated carbocycles. The molecule has 0 aliphatic heterocycles. The summed E-state index contributed by atoms with van der Waals surface area (Å²) in [6.45, 7) is 12.2. The minimum atomic E-state index is -3.22. The van der Waals surface area contributed by atoms with Gasteiger partial charge < -0.3 is 10.6 Å². The fourth-order valence-electron chi connectivity index (χ4n) is 2.26. The van der Waals surface area contributed by atoms with Gasteiger partial charge in [0.2, 0.25) is 10.0 Å². The largest absolute Gasteiger partial charge is 0.357 e. The summed E-state index contributed by atoms with van der Waals surface area (Å²) in [4.78, 5) is 10.0. The van der Waals surface area contributed by atoms with Crippen LogP contribution in [0.3, 0.4) is 0 Å². The monoisotopic (exact) mass is 375 g/mol. The number of aryl methyl sites for hydroxylation is 2. The van der Waals surface area contributed by atoms with E-state index in [-0.39, 0.29) is 5.75 Å². The van der Waals surface area contributed by atoms with E-state index in [0.717, 1.165) is 22.1 Å². The number of sulfonamides is 1. The van der Waals surface area contributed by atoms with Crippen LogP contribution in [-0.2, 0) is 16.6 Å². The molecule has 2 N–H and O–H groups in total. The maximum atomic E-state index is 12.2. The maximum Gasteiger partial charge on any atom is 0.215 e. The van der Waals surface area contributed by atoms with Crippen LogP contribution < -0.4 is 10.6 Å². The molecule has 0 spiro atoms. The van der Waals surface area contributed by atoms with E-state index >= 15 is 0 Å². The number of hydrogen-bond acceptors (Lipinski definition) is 5. The van der Waals surface area contributed by atoms with Gasteiger partial charge >= 0.3 is 0 Å². The van der Waals surface area contributed by atoms with E-state index in [4.69, 9.17) is 0 Å². The number of guanidine groups is 1. The lowest BCUT2D eigenvalue weighted by atomic mass is 10.4. The summed E-state index contributed by atoms with van der Waals surface area (Å²) in [7, 11) is -3.22. The lowest BCUT2D eigenvalue weighted by Gasteiger charge is -2.19. The molecule has 0 bridgehead atoms. The van der Waals surface area contributed by atoms with Gasteiger partial charge in [0.15, 0.2) is 5.96 Å². The number of nitrogens with one attached hydrogen (secondary N) is 2. The van der Waals surface area contributed by atoms with E-state index in [1.165, 1.54) is 4.31 Å². The highest BCUT2D eigenvalue weighted by Gasteiger charge is 2.18. The zero-order chi connectivity index (χ0) is 18.2. The number of nitrogens with zero attached hydrogens (tertiary/aromatic N) is 3. The van der Waals surface area contributed by atoms with E-state index in [1.54, 1.807) is 11.3 Å². The van der Waals surface area contributed by atoms with E-state index in [2.05, 4.69) is 20.6 Å². The molecule has 9 heteroatoms. The zero-order valence-corrected chi connectivity index (χ0v) is 16.9. The molecule has 0 aliphatic rings. The van der Waals surface area contributed by atoms with Crippen LogP contribution in [0.2, 0.25) is 0 Å². The Hall–Kier alpha value is -1.19. The molecule has 1 aromatic rings. The highest BCUT2D eigenvalue weighted by atomic mass is 32.2. The first-order valence-corrected chi connectivity index (χ1v) is 10.7. The van der Waals surface area contributed by atoms with Crippen molar-refractivity contribution < 1.29 is 8.42 Å². The molecule has 138 valence electrons. The van der Waals surface area contributed by atoms with Crippen molar-refractivity contribution in [2.75, 3.05) is 31.9 Å². The molecular formula is C15H29N5O2S2. The summed E-state index contributed by atoms with van der Waals surface area (Å²) in [5, 5.41) is 7.26. The lowest BCUT2D eigenvalue weighted by molar-refractivity contribution is 0.445. The smallest absolute Gasteiger partial charge is 0.215 e. The zero-order valence-electron chi connectivity index (χ0n) is 15.2. The first-order chi connectivity index (χ1) is 11.3. The summed E-state index contributed by atoms with van der Waals surface area (Å²) in [6.07, 6.45) is 0. The maximum absolute atomic E-state index is 12.2. The normalized spacial score (nSPS) is 12.7. The highest BCUT2D eigenvalue weighted by molar-refractivity contribution is 7.89. The van der Waals surface area contributed by atoms with Gasteiger partial charge in [-0.05, 0) is 20.8 Å². The minimum Gasteiger partial charge on any atom is -0.357 e. The third-order valence-electron chi connectivity index (χ3n) is 3.48.